The first-order valence-corrected chi connectivity index (χ1v) is 8.35. The fourth-order valence-electron chi connectivity index (χ4n) is 2.66. The van der Waals surface area contributed by atoms with Crippen LogP contribution in [0.5, 0.6) is 0 Å². The number of carbonyl (C=O) groups is 2. The van der Waals surface area contributed by atoms with Crippen LogP contribution in [-0.4, -0.2) is 28.3 Å². The monoisotopic (exact) mass is 328 g/mol. The largest absolute Gasteiger partial charge is 0.340 e. The van der Waals surface area contributed by atoms with Gasteiger partial charge < -0.3 is 10.2 Å². The highest BCUT2D eigenvalue weighted by molar-refractivity contribution is 7.16. The Kier molecular flexibility index (Phi) is 4.63. The molecular weight excluding hydrogens is 308 g/mol. The third-order valence-corrected chi connectivity index (χ3v) is 5.25. The summed E-state index contributed by atoms with van der Waals surface area (Å²) in [6.07, 6.45) is 0.573. The first-order valence-electron chi connectivity index (χ1n) is 7.16. The van der Waals surface area contributed by atoms with Crippen LogP contribution in [0.25, 0.3) is 0 Å². The Hall–Kier alpha value is -1.07. The van der Waals surface area contributed by atoms with E-state index in [1.54, 1.807) is 11.8 Å². The molecule has 1 aliphatic heterocycles. The highest BCUT2D eigenvalue weighted by Crippen LogP contribution is 2.29. The number of nitrogens with one attached hydrogen (secondary N) is 1. The second-order valence-electron chi connectivity index (χ2n) is 6.00. The van der Waals surface area contributed by atoms with Crippen LogP contribution in [0.1, 0.15) is 39.0 Å². The van der Waals surface area contributed by atoms with Crippen LogP contribution in [0.2, 0.25) is 4.34 Å². The van der Waals surface area contributed by atoms with E-state index in [-0.39, 0.29) is 17.7 Å². The molecule has 1 fully saturated rings. The third-order valence-electron chi connectivity index (χ3n) is 4.03. The average molecular weight is 329 g/mol. The number of nitrogens with zero attached hydrogens (tertiary/aromatic N) is 1. The van der Waals surface area contributed by atoms with E-state index in [4.69, 9.17) is 11.6 Å². The summed E-state index contributed by atoms with van der Waals surface area (Å²) in [5, 5.41) is 2.89. The fraction of sp³-hybridized carbons (Fsp3) is 0.600. The van der Waals surface area contributed by atoms with Crippen LogP contribution in [0, 0.1) is 5.92 Å². The second kappa shape index (κ2) is 5.97. The summed E-state index contributed by atoms with van der Waals surface area (Å²) >= 11 is 7.41. The fourth-order valence-corrected chi connectivity index (χ4v) is 3.75. The summed E-state index contributed by atoms with van der Waals surface area (Å²) < 4.78 is 0.693. The van der Waals surface area contributed by atoms with Gasteiger partial charge in [-0.3, -0.25) is 9.59 Å². The van der Waals surface area contributed by atoms with E-state index in [0.717, 1.165) is 4.88 Å². The van der Waals surface area contributed by atoms with Gasteiger partial charge in [-0.1, -0.05) is 32.4 Å². The van der Waals surface area contributed by atoms with Gasteiger partial charge in [0.25, 0.3) is 0 Å². The Morgan fingerprint density at radius 1 is 1.43 bits per heavy atom. The molecule has 0 saturated carbocycles. The minimum absolute atomic E-state index is 0.0205. The first-order chi connectivity index (χ1) is 9.78. The van der Waals surface area contributed by atoms with Gasteiger partial charge in [0.1, 0.15) is 11.6 Å². The Bertz CT molecular complexity index is 558. The number of rotatable bonds is 4. The molecule has 116 valence electrons. The quantitative estimate of drug-likeness (QED) is 0.923. The van der Waals surface area contributed by atoms with E-state index in [2.05, 4.69) is 5.32 Å². The number of carbonyl (C=O) groups excluding carboxylic acids is 2. The lowest BCUT2D eigenvalue weighted by Gasteiger charge is -2.45. The van der Waals surface area contributed by atoms with E-state index in [9.17, 15) is 9.59 Å². The van der Waals surface area contributed by atoms with Gasteiger partial charge >= 0.3 is 0 Å². The Morgan fingerprint density at radius 3 is 2.57 bits per heavy atom. The number of halogens is 1. The van der Waals surface area contributed by atoms with Gasteiger partial charge in [-0.05, 0) is 31.4 Å². The maximum atomic E-state index is 12.8. The average Bonchev–Trinajstić information content (AvgIpc) is 2.80. The van der Waals surface area contributed by atoms with Gasteiger partial charge in [0.2, 0.25) is 11.8 Å². The van der Waals surface area contributed by atoms with E-state index in [0.29, 0.717) is 17.3 Å². The Balaban J connectivity index is 2.34. The molecule has 0 radical (unpaired) electrons. The normalized spacial score (nSPS) is 26.4. The van der Waals surface area contributed by atoms with Crippen LogP contribution in [0.4, 0.5) is 0 Å². The molecule has 2 amide bonds. The molecule has 1 N–H and O–H groups in total. The topological polar surface area (TPSA) is 49.4 Å². The molecule has 1 saturated heterocycles. The molecule has 6 heteroatoms. The molecule has 0 spiro atoms. The van der Waals surface area contributed by atoms with Crippen LogP contribution in [0.3, 0.4) is 0 Å². The van der Waals surface area contributed by atoms with Crippen LogP contribution in [-0.2, 0) is 16.1 Å². The molecule has 0 bridgehead atoms. The van der Waals surface area contributed by atoms with Crippen LogP contribution in [0.15, 0.2) is 12.1 Å². The molecule has 2 rings (SSSR count). The minimum atomic E-state index is -0.816. The van der Waals surface area contributed by atoms with Gasteiger partial charge in [0.05, 0.1) is 10.9 Å². The number of thiophene rings is 1. The summed E-state index contributed by atoms with van der Waals surface area (Å²) in [6, 6.07) is 3.30. The number of amides is 2. The van der Waals surface area contributed by atoms with Gasteiger partial charge in [0.15, 0.2) is 0 Å². The van der Waals surface area contributed by atoms with Crippen molar-refractivity contribution in [2.45, 2.75) is 52.2 Å². The predicted molar refractivity (Wildman–Crippen MR) is 85.3 cm³/mol. The second-order valence-corrected chi connectivity index (χ2v) is 7.80. The number of hydrogen-bond donors (Lipinski definition) is 1. The van der Waals surface area contributed by atoms with E-state index in [1.165, 1.54) is 11.3 Å². The molecule has 0 aliphatic carbocycles. The zero-order valence-corrected chi connectivity index (χ0v) is 14.3. The number of hydrogen-bond acceptors (Lipinski definition) is 3. The summed E-state index contributed by atoms with van der Waals surface area (Å²) in [5.41, 5.74) is -0.816. The third kappa shape index (κ3) is 3.09. The number of piperazine rings is 1. The summed E-state index contributed by atoms with van der Waals surface area (Å²) in [5.74, 6) is -0.0322. The van der Waals surface area contributed by atoms with Crippen LogP contribution >= 0.6 is 22.9 Å². The van der Waals surface area contributed by atoms with Crippen molar-refractivity contribution in [2.75, 3.05) is 0 Å². The summed E-state index contributed by atoms with van der Waals surface area (Å²) in [4.78, 5) is 28.0. The molecule has 2 atom stereocenters. The molecule has 21 heavy (non-hydrogen) atoms. The predicted octanol–water partition coefficient (Wildman–Crippen LogP) is 3.05. The molecule has 2 heterocycles. The van der Waals surface area contributed by atoms with E-state index in [1.807, 2.05) is 32.9 Å². The Labute approximate surface area is 134 Å². The van der Waals surface area contributed by atoms with Crippen molar-refractivity contribution < 1.29 is 9.59 Å². The minimum Gasteiger partial charge on any atom is -0.340 e. The first kappa shape index (κ1) is 16.3. The molecular formula is C15H21ClN2O2S. The maximum absolute atomic E-state index is 12.8. The van der Waals surface area contributed by atoms with Gasteiger partial charge in [-0.2, -0.15) is 0 Å². The molecule has 1 aromatic rings. The van der Waals surface area contributed by atoms with Gasteiger partial charge in [-0.25, -0.2) is 0 Å². The molecule has 1 aromatic heterocycles. The lowest BCUT2D eigenvalue weighted by atomic mass is 9.88. The van der Waals surface area contributed by atoms with Gasteiger partial charge in [0, 0.05) is 4.88 Å². The van der Waals surface area contributed by atoms with Crippen molar-refractivity contribution in [3.05, 3.63) is 21.3 Å². The standard InChI is InChI=1S/C15H21ClN2O2S/c1-5-15(4)14(20)18(8-10-6-7-11(16)21-10)12(9(2)3)13(19)17-15/h6-7,9,12H,5,8H2,1-4H3,(H,17,19). The zero-order chi connectivity index (χ0) is 15.8. The Morgan fingerprint density at radius 2 is 2.10 bits per heavy atom. The van der Waals surface area contributed by atoms with E-state index >= 15 is 0 Å². The molecule has 4 nitrogen and oxygen atoms in total. The highest BCUT2D eigenvalue weighted by atomic mass is 35.5. The van der Waals surface area contributed by atoms with Gasteiger partial charge in [-0.15, -0.1) is 11.3 Å². The molecule has 1 aliphatic rings. The maximum Gasteiger partial charge on any atom is 0.249 e. The summed E-state index contributed by atoms with van der Waals surface area (Å²) in [7, 11) is 0. The lowest BCUT2D eigenvalue weighted by molar-refractivity contribution is -0.157. The van der Waals surface area contributed by atoms with Crippen molar-refractivity contribution >= 4 is 34.8 Å². The van der Waals surface area contributed by atoms with Crippen molar-refractivity contribution in [3.63, 3.8) is 0 Å². The molecule has 0 aromatic carbocycles. The van der Waals surface area contributed by atoms with Crippen molar-refractivity contribution in [1.82, 2.24) is 10.2 Å². The van der Waals surface area contributed by atoms with Crippen molar-refractivity contribution in [2.24, 2.45) is 5.92 Å². The van der Waals surface area contributed by atoms with E-state index < -0.39 is 11.6 Å². The van der Waals surface area contributed by atoms with Crippen molar-refractivity contribution in [1.29, 1.82) is 0 Å². The molecule has 2 unspecified atom stereocenters. The lowest BCUT2D eigenvalue weighted by Crippen LogP contribution is -2.69. The SMILES string of the molecule is CCC1(C)NC(=O)C(C(C)C)N(Cc2ccc(Cl)s2)C1=O. The summed E-state index contributed by atoms with van der Waals surface area (Å²) in [6.45, 7) is 8.05. The smallest absolute Gasteiger partial charge is 0.249 e. The highest BCUT2D eigenvalue weighted by Gasteiger charge is 2.47. The van der Waals surface area contributed by atoms with Crippen LogP contribution < -0.4 is 5.32 Å². The zero-order valence-electron chi connectivity index (χ0n) is 12.8. The van der Waals surface area contributed by atoms with Crippen molar-refractivity contribution in [3.8, 4) is 0 Å².